The standard InChI is InChI=1S/2C6H6O3/c2*1-4-6(8)5(7)2-3-9-4/h2*2-3,8H,1H3. The molecule has 2 heterocycles. The van der Waals surface area contributed by atoms with E-state index >= 15 is 0 Å². The monoisotopic (exact) mass is 252 g/mol. The first-order valence-corrected chi connectivity index (χ1v) is 4.98. The van der Waals surface area contributed by atoms with E-state index in [1.807, 2.05) is 0 Å². The summed E-state index contributed by atoms with van der Waals surface area (Å²) in [5.41, 5.74) is -0.808. The minimum atomic E-state index is -0.404. The van der Waals surface area contributed by atoms with Gasteiger partial charge >= 0.3 is 0 Å². The van der Waals surface area contributed by atoms with Crippen molar-refractivity contribution in [3.05, 3.63) is 56.6 Å². The summed E-state index contributed by atoms with van der Waals surface area (Å²) < 4.78 is 9.38. The molecule has 0 unspecified atom stereocenters. The fraction of sp³-hybridized carbons (Fsp3) is 0.167. The minimum absolute atomic E-state index is 0.252. The van der Waals surface area contributed by atoms with E-state index in [-0.39, 0.29) is 23.0 Å². The highest BCUT2D eigenvalue weighted by atomic mass is 16.4. The van der Waals surface area contributed by atoms with Gasteiger partial charge in [-0.2, -0.15) is 0 Å². The molecule has 0 aliphatic heterocycles. The topological polar surface area (TPSA) is 101 Å². The summed E-state index contributed by atoms with van der Waals surface area (Å²) in [6.07, 6.45) is 2.49. The molecular weight excluding hydrogens is 240 g/mol. The number of rotatable bonds is 0. The maximum absolute atomic E-state index is 10.5. The molecule has 0 saturated carbocycles. The molecule has 0 bridgehead atoms. The average molecular weight is 252 g/mol. The Labute approximate surface area is 102 Å². The molecule has 0 fully saturated rings. The van der Waals surface area contributed by atoms with Crippen molar-refractivity contribution >= 4 is 0 Å². The predicted octanol–water partition coefficient (Wildman–Crippen LogP) is 1.31. The number of aryl methyl sites for hydroxylation is 2. The van der Waals surface area contributed by atoms with E-state index in [2.05, 4.69) is 8.83 Å². The van der Waals surface area contributed by atoms with E-state index in [9.17, 15) is 9.59 Å². The van der Waals surface area contributed by atoms with E-state index in [1.54, 1.807) is 0 Å². The summed E-state index contributed by atoms with van der Waals surface area (Å²) in [6, 6.07) is 2.34. The van der Waals surface area contributed by atoms with E-state index in [0.29, 0.717) is 0 Å². The van der Waals surface area contributed by atoms with E-state index in [1.165, 1.54) is 38.5 Å². The van der Waals surface area contributed by atoms with Crippen LogP contribution in [0.15, 0.2) is 43.1 Å². The fourth-order valence-electron chi connectivity index (χ4n) is 1.01. The largest absolute Gasteiger partial charge is 0.502 e. The van der Waals surface area contributed by atoms with Crippen molar-refractivity contribution in [3.63, 3.8) is 0 Å². The van der Waals surface area contributed by atoms with Gasteiger partial charge in [0.25, 0.3) is 0 Å². The smallest absolute Gasteiger partial charge is 0.226 e. The quantitative estimate of drug-likeness (QED) is 0.733. The van der Waals surface area contributed by atoms with Gasteiger partial charge in [0.1, 0.15) is 11.5 Å². The van der Waals surface area contributed by atoms with Crippen molar-refractivity contribution in [1.82, 2.24) is 0 Å². The Balaban J connectivity index is 0.000000180. The molecule has 0 radical (unpaired) electrons. The average Bonchev–Trinajstić information content (AvgIpc) is 2.34. The number of aromatic hydroxyl groups is 2. The first kappa shape index (κ1) is 13.6. The molecule has 18 heavy (non-hydrogen) atoms. The van der Waals surface area contributed by atoms with Gasteiger partial charge in [0.15, 0.2) is 0 Å². The van der Waals surface area contributed by atoms with E-state index < -0.39 is 10.9 Å². The van der Waals surface area contributed by atoms with Gasteiger partial charge in [-0.1, -0.05) is 0 Å². The molecule has 0 amide bonds. The summed E-state index contributed by atoms with van der Waals surface area (Å²) in [6.45, 7) is 3.05. The maximum Gasteiger partial charge on any atom is 0.226 e. The van der Waals surface area contributed by atoms with Crippen LogP contribution in [-0.2, 0) is 0 Å². The second kappa shape index (κ2) is 5.72. The van der Waals surface area contributed by atoms with Crippen LogP contribution in [0.25, 0.3) is 0 Å². The third kappa shape index (κ3) is 3.24. The van der Waals surface area contributed by atoms with Crippen LogP contribution in [0.1, 0.15) is 11.5 Å². The van der Waals surface area contributed by atoms with Crippen LogP contribution < -0.4 is 10.9 Å². The molecule has 0 spiro atoms. The zero-order chi connectivity index (χ0) is 13.7. The lowest BCUT2D eigenvalue weighted by Gasteiger charge is -1.91. The minimum Gasteiger partial charge on any atom is -0.502 e. The first-order valence-electron chi connectivity index (χ1n) is 4.98. The number of hydrogen-bond donors (Lipinski definition) is 2. The molecule has 6 heteroatoms. The zero-order valence-electron chi connectivity index (χ0n) is 9.84. The Morgan fingerprint density at radius 1 is 0.833 bits per heavy atom. The molecule has 2 aromatic rings. The summed E-state index contributed by atoms with van der Waals surface area (Å²) in [5, 5.41) is 17.6. The molecular formula is C12H12O6. The normalized spacial score (nSPS) is 9.44. The first-order chi connectivity index (χ1) is 8.43. The molecule has 0 aromatic carbocycles. The van der Waals surface area contributed by atoms with Gasteiger partial charge in [-0.25, -0.2) is 0 Å². The van der Waals surface area contributed by atoms with E-state index in [0.717, 1.165) is 0 Å². The lowest BCUT2D eigenvalue weighted by molar-refractivity contribution is 0.411. The lowest BCUT2D eigenvalue weighted by atomic mass is 10.4. The van der Waals surface area contributed by atoms with E-state index in [4.69, 9.17) is 10.2 Å². The summed E-state index contributed by atoms with van der Waals surface area (Å²) in [5.74, 6) is -0.111. The van der Waals surface area contributed by atoms with Gasteiger partial charge in [-0.3, -0.25) is 9.59 Å². The molecule has 96 valence electrons. The Morgan fingerprint density at radius 2 is 1.17 bits per heavy atom. The molecule has 0 aliphatic carbocycles. The van der Waals surface area contributed by atoms with Crippen LogP contribution in [0.5, 0.6) is 11.5 Å². The SMILES string of the molecule is Cc1occc(=O)c1O.Cc1occc(=O)c1O. The Hall–Kier alpha value is -2.50. The second-order valence-corrected chi connectivity index (χ2v) is 3.38. The zero-order valence-corrected chi connectivity index (χ0v) is 9.84. The van der Waals surface area contributed by atoms with Crippen molar-refractivity contribution in [2.45, 2.75) is 13.8 Å². The van der Waals surface area contributed by atoms with Gasteiger partial charge < -0.3 is 19.0 Å². The van der Waals surface area contributed by atoms with Crippen molar-refractivity contribution in [2.24, 2.45) is 0 Å². The van der Waals surface area contributed by atoms with Crippen molar-refractivity contribution in [2.75, 3.05) is 0 Å². The molecule has 2 aromatic heterocycles. The third-order valence-electron chi connectivity index (χ3n) is 2.06. The van der Waals surface area contributed by atoms with Gasteiger partial charge in [0.05, 0.1) is 12.5 Å². The van der Waals surface area contributed by atoms with Crippen LogP contribution in [0.4, 0.5) is 0 Å². The molecule has 0 aliphatic rings. The molecule has 0 saturated heterocycles. The Kier molecular flexibility index (Phi) is 4.31. The molecule has 0 atom stereocenters. The van der Waals surface area contributed by atoms with Crippen LogP contribution in [0, 0.1) is 13.8 Å². The highest BCUT2D eigenvalue weighted by molar-refractivity contribution is 5.21. The maximum atomic E-state index is 10.5. The van der Waals surface area contributed by atoms with Crippen molar-refractivity contribution in [3.8, 4) is 11.5 Å². The summed E-state index contributed by atoms with van der Waals surface area (Å²) in [7, 11) is 0. The fourth-order valence-corrected chi connectivity index (χ4v) is 1.01. The summed E-state index contributed by atoms with van der Waals surface area (Å²) >= 11 is 0. The Morgan fingerprint density at radius 3 is 1.39 bits per heavy atom. The van der Waals surface area contributed by atoms with Gasteiger partial charge in [-0.05, 0) is 13.8 Å². The van der Waals surface area contributed by atoms with Crippen LogP contribution in [0.2, 0.25) is 0 Å². The highest BCUT2D eigenvalue weighted by Gasteiger charge is 1.99. The van der Waals surface area contributed by atoms with Gasteiger partial charge in [-0.15, -0.1) is 0 Å². The molecule has 2 N–H and O–H groups in total. The molecule has 6 nitrogen and oxygen atoms in total. The van der Waals surface area contributed by atoms with Gasteiger partial charge in [0, 0.05) is 12.1 Å². The van der Waals surface area contributed by atoms with Crippen molar-refractivity contribution < 1.29 is 19.0 Å². The third-order valence-corrected chi connectivity index (χ3v) is 2.06. The van der Waals surface area contributed by atoms with Crippen LogP contribution >= 0.6 is 0 Å². The highest BCUT2D eigenvalue weighted by Crippen LogP contribution is 2.06. The van der Waals surface area contributed by atoms with Crippen molar-refractivity contribution in [1.29, 1.82) is 0 Å². The van der Waals surface area contributed by atoms with Gasteiger partial charge in [0.2, 0.25) is 22.4 Å². The number of hydrogen-bond acceptors (Lipinski definition) is 6. The van der Waals surface area contributed by atoms with Crippen LogP contribution in [0.3, 0.4) is 0 Å². The van der Waals surface area contributed by atoms with Crippen LogP contribution in [-0.4, -0.2) is 10.2 Å². The second-order valence-electron chi connectivity index (χ2n) is 3.38. The predicted molar refractivity (Wildman–Crippen MR) is 62.8 cm³/mol. The Bertz CT molecular complexity index is 580. The lowest BCUT2D eigenvalue weighted by Crippen LogP contribution is -1.97. The molecule has 2 rings (SSSR count). The summed E-state index contributed by atoms with van der Waals surface area (Å²) in [4.78, 5) is 21.1.